The predicted octanol–water partition coefficient (Wildman–Crippen LogP) is 2.17. The lowest BCUT2D eigenvalue weighted by Crippen LogP contribution is -2.21. The Morgan fingerprint density at radius 1 is 1.50 bits per heavy atom. The largest absolute Gasteiger partial charge is 0.490 e. The summed E-state index contributed by atoms with van der Waals surface area (Å²) in [6, 6.07) is 4.78. The molecule has 2 N–H and O–H groups in total. The molecule has 6 heteroatoms. The van der Waals surface area contributed by atoms with E-state index in [1.165, 1.54) is 7.11 Å². The van der Waals surface area contributed by atoms with Gasteiger partial charge in [-0.25, -0.2) is 0 Å². The number of hydrogen-bond acceptors (Lipinski definition) is 5. The zero-order chi connectivity index (χ0) is 13.7. The van der Waals surface area contributed by atoms with Crippen LogP contribution in [-0.4, -0.2) is 29.3 Å². The second kappa shape index (κ2) is 6.20. The average molecular weight is 254 g/mol. The number of nitrogens with zero attached hydrogens (tertiary/aromatic N) is 1. The molecule has 0 aromatic heterocycles. The van der Waals surface area contributed by atoms with Gasteiger partial charge >= 0.3 is 5.69 Å². The zero-order valence-corrected chi connectivity index (χ0v) is 10.7. The van der Waals surface area contributed by atoms with Gasteiger partial charge in [-0.3, -0.25) is 10.1 Å². The summed E-state index contributed by atoms with van der Waals surface area (Å²) in [6.45, 7) is 3.54. The van der Waals surface area contributed by atoms with Crippen LogP contribution in [0.25, 0.3) is 0 Å². The van der Waals surface area contributed by atoms with Crippen molar-refractivity contribution in [3.8, 4) is 5.75 Å². The fourth-order valence-electron chi connectivity index (χ4n) is 1.83. The van der Waals surface area contributed by atoms with Crippen LogP contribution in [0.2, 0.25) is 0 Å². The first-order valence-corrected chi connectivity index (χ1v) is 5.71. The van der Waals surface area contributed by atoms with Gasteiger partial charge in [0.05, 0.1) is 18.1 Å². The molecule has 0 aliphatic rings. The van der Waals surface area contributed by atoms with Gasteiger partial charge in [0.2, 0.25) is 0 Å². The van der Waals surface area contributed by atoms with Crippen molar-refractivity contribution in [3.63, 3.8) is 0 Å². The van der Waals surface area contributed by atoms with E-state index in [1.54, 1.807) is 25.1 Å². The molecule has 2 unspecified atom stereocenters. The number of para-hydroxylation sites is 1. The van der Waals surface area contributed by atoms with Crippen molar-refractivity contribution in [1.82, 2.24) is 0 Å². The molecular formula is C12H18N2O4. The average Bonchev–Trinajstić information content (AvgIpc) is 2.26. The van der Waals surface area contributed by atoms with E-state index in [2.05, 4.69) is 5.32 Å². The Labute approximate surface area is 106 Å². The third-order valence-corrected chi connectivity index (χ3v) is 2.50. The van der Waals surface area contributed by atoms with Gasteiger partial charge in [0, 0.05) is 6.04 Å². The molecule has 0 saturated heterocycles. The fraction of sp³-hybridized carbons (Fsp3) is 0.500. The van der Waals surface area contributed by atoms with E-state index in [0.717, 1.165) is 0 Å². The van der Waals surface area contributed by atoms with Gasteiger partial charge in [0.15, 0.2) is 5.75 Å². The molecule has 0 radical (unpaired) electrons. The highest BCUT2D eigenvalue weighted by atomic mass is 16.6. The standard InChI is InChI=1S/C12H18N2O4/c1-8(7-9(2)15)13-10-5-4-6-11(18-3)12(10)14(16)17/h4-6,8-9,13,15H,7H2,1-3H3. The predicted molar refractivity (Wildman–Crippen MR) is 69.0 cm³/mol. The summed E-state index contributed by atoms with van der Waals surface area (Å²) in [4.78, 5) is 10.6. The third kappa shape index (κ3) is 3.59. The summed E-state index contributed by atoms with van der Waals surface area (Å²) < 4.78 is 4.98. The van der Waals surface area contributed by atoms with Crippen molar-refractivity contribution < 1.29 is 14.8 Å². The number of nitrogens with one attached hydrogen (secondary N) is 1. The second-order valence-corrected chi connectivity index (χ2v) is 4.24. The number of aliphatic hydroxyl groups excluding tert-OH is 1. The SMILES string of the molecule is COc1cccc(NC(C)CC(C)O)c1[N+](=O)[O-]. The number of methoxy groups -OCH3 is 1. The van der Waals surface area contributed by atoms with Crippen molar-refractivity contribution in [1.29, 1.82) is 0 Å². The quantitative estimate of drug-likeness (QED) is 0.600. The topological polar surface area (TPSA) is 84.6 Å². The van der Waals surface area contributed by atoms with E-state index in [-0.39, 0.29) is 17.5 Å². The van der Waals surface area contributed by atoms with Crippen molar-refractivity contribution >= 4 is 11.4 Å². The minimum Gasteiger partial charge on any atom is -0.490 e. The Bertz CT molecular complexity index is 421. The van der Waals surface area contributed by atoms with Crippen LogP contribution in [0.1, 0.15) is 20.3 Å². The van der Waals surface area contributed by atoms with Crippen LogP contribution >= 0.6 is 0 Å². The molecular weight excluding hydrogens is 236 g/mol. The van der Waals surface area contributed by atoms with E-state index in [4.69, 9.17) is 4.74 Å². The third-order valence-electron chi connectivity index (χ3n) is 2.50. The van der Waals surface area contributed by atoms with Gasteiger partial charge in [0.25, 0.3) is 0 Å². The van der Waals surface area contributed by atoms with Crippen molar-refractivity contribution in [2.75, 3.05) is 12.4 Å². The summed E-state index contributed by atoms with van der Waals surface area (Å²) in [5.41, 5.74) is 0.310. The van der Waals surface area contributed by atoms with Gasteiger partial charge < -0.3 is 15.2 Å². The minimum absolute atomic E-state index is 0.0733. The fourth-order valence-corrected chi connectivity index (χ4v) is 1.83. The number of anilines is 1. The number of nitro benzene ring substituents is 1. The Balaban J connectivity index is 2.98. The molecule has 0 bridgehead atoms. The Morgan fingerprint density at radius 2 is 2.17 bits per heavy atom. The zero-order valence-electron chi connectivity index (χ0n) is 10.7. The van der Waals surface area contributed by atoms with Crippen LogP contribution in [0.4, 0.5) is 11.4 Å². The van der Waals surface area contributed by atoms with Gasteiger partial charge in [-0.05, 0) is 32.4 Å². The molecule has 0 aliphatic heterocycles. The highest BCUT2D eigenvalue weighted by Gasteiger charge is 2.21. The smallest absolute Gasteiger partial charge is 0.333 e. The molecule has 18 heavy (non-hydrogen) atoms. The van der Waals surface area contributed by atoms with E-state index in [9.17, 15) is 15.2 Å². The van der Waals surface area contributed by atoms with Gasteiger partial charge in [-0.15, -0.1) is 0 Å². The Hall–Kier alpha value is -1.82. The monoisotopic (exact) mass is 254 g/mol. The number of rotatable bonds is 6. The first-order chi connectivity index (χ1) is 8.45. The van der Waals surface area contributed by atoms with E-state index in [1.807, 2.05) is 6.92 Å². The maximum Gasteiger partial charge on any atom is 0.333 e. The molecule has 0 aliphatic carbocycles. The van der Waals surface area contributed by atoms with Crippen molar-refractivity contribution in [2.24, 2.45) is 0 Å². The van der Waals surface area contributed by atoms with E-state index >= 15 is 0 Å². The van der Waals surface area contributed by atoms with E-state index in [0.29, 0.717) is 12.1 Å². The molecule has 1 rings (SSSR count). The Kier molecular flexibility index (Phi) is 4.91. The van der Waals surface area contributed by atoms with Crippen LogP contribution in [0, 0.1) is 10.1 Å². The molecule has 1 aromatic rings. The van der Waals surface area contributed by atoms with E-state index < -0.39 is 11.0 Å². The van der Waals surface area contributed by atoms with Crippen LogP contribution in [-0.2, 0) is 0 Å². The molecule has 1 aromatic carbocycles. The molecule has 6 nitrogen and oxygen atoms in total. The van der Waals surface area contributed by atoms with Gasteiger partial charge in [-0.2, -0.15) is 0 Å². The summed E-state index contributed by atoms with van der Waals surface area (Å²) in [5, 5.41) is 23.3. The summed E-state index contributed by atoms with van der Waals surface area (Å²) in [6.07, 6.45) is 0.0473. The van der Waals surface area contributed by atoms with Gasteiger partial charge in [0.1, 0.15) is 5.69 Å². The number of aliphatic hydroxyl groups is 1. The minimum atomic E-state index is -0.476. The van der Waals surface area contributed by atoms with Gasteiger partial charge in [-0.1, -0.05) is 6.07 Å². The molecule has 0 spiro atoms. The number of nitro groups is 1. The highest BCUT2D eigenvalue weighted by molar-refractivity contribution is 5.68. The van der Waals surface area contributed by atoms with Crippen LogP contribution in [0.5, 0.6) is 5.75 Å². The first-order valence-electron chi connectivity index (χ1n) is 5.71. The normalized spacial score (nSPS) is 13.8. The molecule has 2 atom stereocenters. The van der Waals surface area contributed by atoms with Crippen LogP contribution in [0.3, 0.4) is 0 Å². The summed E-state index contributed by atoms with van der Waals surface area (Å²) in [5.74, 6) is 0.217. The van der Waals surface area contributed by atoms with Crippen molar-refractivity contribution in [3.05, 3.63) is 28.3 Å². The highest BCUT2D eigenvalue weighted by Crippen LogP contribution is 2.34. The maximum atomic E-state index is 11.0. The lowest BCUT2D eigenvalue weighted by molar-refractivity contribution is -0.384. The lowest BCUT2D eigenvalue weighted by Gasteiger charge is -2.17. The molecule has 0 heterocycles. The molecule has 0 amide bonds. The summed E-state index contributed by atoms with van der Waals surface area (Å²) >= 11 is 0. The Morgan fingerprint density at radius 3 is 2.67 bits per heavy atom. The number of benzene rings is 1. The molecule has 0 fully saturated rings. The first kappa shape index (κ1) is 14.2. The molecule has 100 valence electrons. The lowest BCUT2D eigenvalue weighted by atomic mass is 10.1. The number of hydrogen-bond donors (Lipinski definition) is 2. The van der Waals surface area contributed by atoms with Crippen LogP contribution < -0.4 is 10.1 Å². The summed E-state index contributed by atoms with van der Waals surface area (Å²) in [7, 11) is 1.39. The maximum absolute atomic E-state index is 11.0. The van der Waals surface area contributed by atoms with Crippen LogP contribution in [0.15, 0.2) is 18.2 Å². The molecule has 0 saturated carbocycles. The van der Waals surface area contributed by atoms with Crippen molar-refractivity contribution in [2.45, 2.75) is 32.4 Å². The number of ether oxygens (including phenoxy) is 1. The second-order valence-electron chi connectivity index (χ2n) is 4.24.